The second kappa shape index (κ2) is 9.63. The molecule has 2 heterocycles. The van der Waals surface area contributed by atoms with E-state index in [0.717, 1.165) is 31.4 Å². The Hall–Kier alpha value is -2.03. The first-order chi connectivity index (χ1) is 14.9. The summed E-state index contributed by atoms with van der Waals surface area (Å²) in [5.41, 5.74) is 2.31. The van der Waals surface area contributed by atoms with E-state index in [-0.39, 0.29) is 18.2 Å². The van der Waals surface area contributed by atoms with Crippen LogP contribution < -0.4 is 9.62 Å². The molecule has 168 valence electrons. The van der Waals surface area contributed by atoms with Crippen molar-refractivity contribution in [3.63, 3.8) is 0 Å². The third-order valence-corrected chi connectivity index (χ3v) is 7.13. The summed E-state index contributed by atoms with van der Waals surface area (Å²) in [5, 5.41) is 0. The van der Waals surface area contributed by atoms with E-state index in [9.17, 15) is 8.42 Å². The first kappa shape index (κ1) is 22.2. The van der Waals surface area contributed by atoms with Gasteiger partial charge in [-0.05, 0) is 56.6 Å². The number of aromatic nitrogens is 2. The largest absolute Gasteiger partial charge is 0.376 e. The van der Waals surface area contributed by atoms with Gasteiger partial charge in [0.1, 0.15) is 0 Å². The van der Waals surface area contributed by atoms with Crippen LogP contribution >= 0.6 is 0 Å². The zero-order valence-corrected chi connectivity index (χ0v) is 19.1. The van der Waals surface area contributed by atoms with Crippen molar-refractivity contribution in [2.24, 2.45) is 0 Å². The van der Waals surface area contributed by atoms with Crippen molar-refractivity contribution in [3.8, 4) is 0 Å². The Labute approximate surface area is 185 Å². The summed E-state index contributed by atoms with van der Waals surface area (Å²) in [6.45, 7) is 3.10. The van der Waals surface area contributed by atoms with Crippen molar-refractivity contribution in [1.82, 2.24) is 14.7 Å². The number of anilines is 1. The van der Waals surface area contributed by atoms with Gasteiger partial charge in [-0.25, -0.2) is 23.1 Å². The Morgan fingerprint density at radius 3 is 2.52 bits per heavy atom. The van der Waals surface area contributed by atoms with Crippen LogP contribution in [0.25, 0.3) is 0 Å². The van der Waals surface area contributed by atoms with Crippen LogP contribution in [0.3, 0.4) is 0 Å². The summed E-state index contributed by atoms with van der Waals surface area (Å²) in [6.07, 6.45) is 8.16. The van der Waals surface area contributed by atoms with Gasteiger partial charge in [0.25, 0.3) is 0 Å². The molecule has 2 atom stereocenters. The molecule has 1 aliphatic carbocycles. The minimum atomic E-state index is -3.31. The molecule has 7 nitrogen and oxygen atoms in total. The monoisotopic (exact) mass is 444 g/mol. The lowest BCUT2D eigenvalue weighted by molar-refractivity contribution is 0.0155. The Morgan fingerprint density at radius 2 is 1.84 bits per heavy atom. The van der Waals surface area contributed by atoms with Gasteiger partial charge in [0.2, 0.25) is 16.0 Å². The van der Waals surface area contributed by atoms with E-state index in [4.69, 9.17) is 4.74 Å². The molecule has 1 aromatic heterocycles. The Morgan fingerprint density at radius 1 is 1.10 bits per heavy atom. The van der Waals surface area contributed by atoms with Gasteiger partial charge in [0.15, 0.2) is 0 Å². The van der Waals surface area contributed by atoms with Gasteiger partial charge in [-0.1, -0.05) is 30.3 Å². The van der Waals surface area contributed by atoms with Gasteiger partial charge in [0.05, 0.1) is 25.0 Å². The molecule has 0 bridgehead atoms. The quantitative estimate of drug-likeness (QED) is 0.707. The lowest BCUT2D eigenvalue weighted by atomic mass is 9.83. The van der Waals surface area contributed by atoms with E-state index >= 15 is 0 Å². The van der Waals surface area contributed by atoms with Crippen LogP contribution in [-0.2, 0) is 14.8 Å². The minimum Gasteiger partial charge on any atom is -0.376 e. The van der Waals surface area contributed by atoms with E-state index < -0.39 is 10.0 Å². The van der Waals surface area contributed by atoms with Crippen molar-refractivity contribution in [3.05, 3.63) is 53.9 Å². The van der Waals surface area contributed by atoms with Crippen LogP contribution in [-0.4, -0.2) is 56.0 Å². The molecule has 0 amide bonds. The van der Waals surface area contributed by atoms with Crippen LogP contribution in [0.2, 0.25) is 0 Å². The van der Waals surface area contributed by atoms with E-state index in [1.807, 2.05) is 13.0 Å². The highest BCUT2D eigenvalue weighted by atomic mass is 32.2. The summed E-state index contributed by atoms with van der Waals surface area (Å²) in [6, 6.07) is 12.2. The number of hydrogen-bond acceptors (Lipinski definition) is 6. The zero-order chi connectivity index (χ0) is 21.8. The maximum Gasteiger partial charge on any atom is 0.225 e. The molecule has 4 rings (SSSR count). The smallest absolute Gasteiger partial charge is 0.225 e. The summed E-state index contributed by atoms with van der Waals surface area (Å²) in [7, 11) is -3.31. The van der Waals surface area contributed by atoms with E-state index in [1.165, 1.54) is 11.8 Å². The van der Waals surface area contributed by atoms with Crippen LogP contribution in [0.4, 0.5) is 5.95 Å². The highest BCUT2D eigenvalue weighted by molar-refractivity contribution is 7.88. The first-order valence-corrected chi connectivity index (χ1v) is 13.0. The van der Waals surface area contributed by atoms with Gasteiger partial charge in [-0.15, -0.1) is 0 Å². The topological polar surface area (TPSA) is 84.4 Å². The van der Waals surface area contributed by atoms with E-state index in [2.05, 4.69) is 49.9 Å². The SMILES string of the molecule is Cc1ccnc(N2CC[C@H](NS(C)(=O)=O)[C@@H]2COC2CCC(c3ccccc3)CC2)n1. The van der Waals surface area contributed by atoms with Crippen LogP contribution in [0.15, 0.2) is 42.6 Å². The lowest BCUT2D eigenvalue weighted by Gasteiger charge is -2.33. The molecule has 1 saturated carbocycles. The number of aryl methyl sites for hydroxylation is 1. The second-order valence-electron chi connectivity index (χ2n) is 8.76. The molecule has 8 heteroatoms. The lowest BCUT2D eigenvalue weighted by Crippen LogP contribution is -2.48. The highest BCUT2D eigenvalue weighted by Gasteiger charge is 2.38. The summed E-state index contributed by atoms with van der Waals surface area (Å²) >= 11 is 0. The minimum absolute atomic E-state index is 0.122. The molecule has 2 fully saturated rings. The van der Waals surface area contributed by atoms with Crippen molar-refractivity contribution < 1.29 is 13.2 Å². The van der Waals surface area contributed by atoms with Gasteiger partial charge in [-0.2, -0.15) is 0 Å². The molecule has 31 heavy (non-hydrogen) atoms. The Bertz CT molecular complexity index is 962. The average molecular weight is 445 g/mol. The van der Waals surface area contributed by atoms with E-state index in [1.54, 1.807) is 6.20 Å². The summed E-state index contributed by atoms with van der Waals surface area (Å²) in [4.78, 5) is 11.1. The fraction of sp³-hybridized carbons (Fsp3) is 0.565. The van der Waals surface area contributed by atoms with Crippen molar-refractivity contribution in [1.29, 1.82) is 0 Å². The highest BCUT2D eigenvalue weighted by Crippen LogP contribution is 2.34. The normalized spacial score (nSPS) is 26.8. The van der Waals surface area contributed by atoms with Crippen molar-refractivity contribution in [2.45, 2.75) is 63.1 Å². The van der Waals surface area contributed by atoms with Gasteiger partial charge in [0, 0.05) is 24.5 Å². The molecule has 1 aliphatic heterocycles. The number of hydrogen-bond donors (Lipinski definition) is 1. The molecule has 0 radical (unpaired) electrons. The molecule has 1 N–H and O–H groups in total. The van der Waals surface area contributed by atoms with Crippen molar-refractivity contribution >= 4 is 16.0 Å². The molecule has 1 saturated heterocycles. The number of nitrogens with zero attached hydrogens (tertiary/aromatic N) is 3. The Kier molecular flexibility index (Phi) is 6.89. The third kappa shape index (κ3) is 5.81. The number of benzene rings is 1. The van der Waals surface area contributed by atoms with Gasteiger partial charge >= 0.3 is 0 Å². The Balaban J connectivity index is 1.39. The summed E-state index contributed by atoms with van der Waals surface area (Å²) in [5.74, 6) is 1.24. The van der Waals surface area contributed by atoms with Crippen LogP contribution in [0.5, 0.6) is 0 Å². The standard InChI is InChI=1S/C23H32N4O3S/c1-17-12-14-24-23(25-17)27-15-13-21(26-31(2,28)29)22(27)16-30-20-10-8-19(9-11-20)18-6-4-3-5-7-18/h3-7,12,14,19-22,26H,8-11,13,15-16H2,1-2H3/t19?,20?,21-,22-/m0/s1. The molecule has 2 aliphatic rings. The van der Waals surface area contributed by atoms with Crippen molar-refractivity contribution in [2.75, 3.05) is 24.3 Å². The second-order valence-corrected chi connectivity index (χ2v) is 10.5. The maximum absolute atomic E-state index is 11.9. The zero-order valence-electron chi connectivity index (χ0n) is 18.3. The molecule has 0 spiro atoms. The maximum atomic E-state index is 11.9. The number of nitrogens with one attached hydrogen (secondary N) is 1. The molecular weight excluding hydrogens is 412 g/mol. The molecule has 1 aromatic carbocycles. The number of sulfonamides is 1. The number of rotatable bonds is 7. The fourth-order valence-electron chi connectivity index (χ4n) is 4.82. The first-order valence-electron chi connectivity index (χ1n) is 11.1. The van der Waals surface area contributed by atoms with Gasteiger partial charge in [-0.3, -0.25) is 0 Å². The van der Waals surface area contributed by atoms with E-state index in [0.29, 0.717) is 31.4 Å². The predicted octanol–water partition coefficient (Wildman–Crippen LogP) is 3.02. The van der Waals surface area contributed by atoms with Crippen LogP contribution in [0.1, 0.15) is 49.3 Å². The van der Waals surface area contributed by atoms with Crippen LogP contribution in [0, 0.1) is 6.92 Å². The van der Waals surface area contributed by atoms with Gasteiger partial charge < -0.3 is 9.64 Å². The molecular formula is C23H32N4O3S. The molecule has 0 unspecified atom stereocenters. The third-order valence-electron chi connectivity index (χ3n) is 6.40. The predicted molar refractivity (Wildman–Crippen MR) is 122 cm³/mol. The summed E-state index contributed by atoms with van der Waals surface area (Å²) < 4.78 is 32.9. The molecule has 2 aromatic rings. The average Bonchev–Trinajstić information content (AvgIpc) is 3.14. The number of ether oxygens (including phenoxy) is 1. The fourth-order valence-corrected chi connectivity index (χ4v) is 5.64.